The molecule has 4 heteroatoms. The number of hydrogen-bond donors (Lipinski definition) is 0. The van der Waals surface area contributed by atoms with Crippen LogP contribution >= 0.6 is 0 Å². The third-order valence-corrected chi connectivity index (χ3v) is 7.41. The standard InChI is InChI=1S/C20H42O3Si/c1-5-7-9-10-11-12-13-14-15-16-17-18-20-24(21-3,22-4)23-19-8-6-2/h6,8H,5,7,9-20H2,1-4H3. The van der Waals surface area contributed by atoms with E-state index in [0.717, 1.165) is 12.5 Å². The van der Waals surface area contributed by atoms with Gasteiger partial charge in [0.2, 0.25) is 0 Å². The van der Waals surface area contributed by atoms with Gasteiger partial charge in [-0.15, -0.1) is 0 Å². The summed E-state index contributed by atoms with van der Waals surface area (Å²) in [4.78, 5) is 0. The molecule has 0 aromatic rings. The summed E-state index contributed by atoms with van der Waals surface area (Å²) in [5.74, 6) is 0. The first-order valence-electron chi connectivity index (χ1n) is 10.1. The number of rotatable bonds is 18. The van der Waals surface area contributed by atoms with Crippen LogP contribution < -0.4 is 0 Å². The quantitative estimate of drug-likeness (QED) is 0.159. The molecule has 0 fully saturated rings. The molecule has 0 unspecified atom stereocenters. The Labute approximate surface area is 152 Å². The average Bonchev–Trinajstić information content (AvgIpc) is 2.61. The molecule has 0 bridgehead atoms. The van der Waals surface area contributed by atoms with Crippen LogP contribution in [0.3, 0.4) is 0 Å². The van der Waals surface area contributed by atoms with Crippen molar-refractivity contribution in [3.63, 3.8) is 0 Å². The summed E-state index contributed by atoms with van der Waals surface area (Å²) in [5, 5.41) is 0. The van der Waals surface area contributed by atoms with Gasteiger partial charge in [0.1, 0.15) is 0 Å². The van der Waals surface area contributed by atoms with Gasteiger partial charge in [-0.2, -0.15) is 0 Å². The van der Waals surface area contributed by atoms with Gasteiger partial charge >= 0.3 is 8.80 Å². The van der Waals surface area contributed by atoms with Crippen molar-refractivity contribution in [3.8, 4) is 0 Å². The summed E-state index contributed by atoms with van der Waals surface area (Å²) < 4.78 is 17.1. The topological polar surface area (TPSA) is 27.7 Å². The molecule has 0 aliphatic rings. The monoisotopic (exact) mass is 358 g/mol. The lowest BCUT2D eigenvalue weighted by Gasteiger charge is -2.25. The summed E-state index contributed by atoms with van der Waals surface area (Å²) in [6.45, 7) is 4.86. The van der Waals surface area contributed by atoms with Crippen molar-refractivity contribution < 1.29 is 13.3 Å². The largest absolute Gasteiger partial charge is 0.500 e. The molecule has 0 saturated carbocycles. The van der Waals surface area contributed by atoms with Crippen LogP contribution in [0.15, 0.2) is 12.2 Å². The maximum Gasteiger partial charge on any atom is 0.500 e. The van der Waals surface area contributed by atoms with Gasteiger partial charge in [0, 0.05) is 20.3 Å². The molecule has 0 heterocycles. The van der Waals surface area contributed by atoms with Crippen LogP contribution in [0, 0.1) is 0 Å². The Morgan fingerprint density at radius 2 is 1.17 bits per heavy atom. The smallest absolute Gasteiger partial charge is 0.377 e. The second kappa shape index (κ2) is 17.7. The van der Waals surface area contributed by atoms with E-state index in [1.165, 1.54) is 70.6 Å². The van der Waals surface area contributed by atoms with Crippen LogP contribution in [0.5, 0.6) is 0 Å². The van der Waals surface area contributed by atoms with Crippen LogP contribution in [-0.4, -0.2) is 29.6 Å². The van der Waals surface area contributed by atoms with E-state index >= 15 is 0 Å². The predicted octanol–water partition coefficient (Wildman–Crippen LogP) is 6.51. The van der Waals surface area contributed by atoms with Crippen molar-refractivity contribution in [2.24, 2.45) is 0 Å². The molecule has 0 aromatic carbocycles. The fourth-order valence-electron chi connectivity index (χ4n) is 2.93. The minimum atomic E-state index is -2.43. The third-order valence-electron chi connectivity index (χ3n) is 4.59. The van der Waals surface area contributed by atoms with Crippen molar-refractivity contribution in [2.75, 3.05) is 20.8 Å². The van der Waals surface area contributed by atoms with Crippen LogP contribution in [-0.2, 0) is 13.3 Å². The van der Waals surface area contributed by atoms with Gasteiger partial charge in [0.25, 0.3) is 0 Å². The highest BCUT2D eigenvalue weighted by Gasteiger charge is 2.37. The van der Waals surface area contributed by atoms with Crippen LogP contribution in [0.4, 0.5) is 0 Å². The fraction of sp³-hybridized carbons (Fsp3) is 0.900. The Morgan fingerprint density at radius 3 is 1.58 bits per heavy atom. The number of unbranched alkanes of at least 4 members (excludes halogenated alkanes) is 11. The van der Waals surface area contributed by atoms with Gasteiger partial charge in [-0.05, 0) is 13.3 Å². The van der Waals surface area contributed by atoms with E-state index in [2.05, 4.69) is 6.92 Å². The summed E-state index contributed by atoms with van der Waals surface area (Å²) in [6.07, 6.45) is 20.3. The maximum atomic E-state index is 5.88. The Hall–Kier alpha value is -0.163. The normalized spacial score (nSPS) is 12.3. The summed E-state index contributed by atoms with van der Waals surface area (Å²) in [5.41, 5.74) is 0. The van der Waals surface area contributed by atoms with E-state index < -0.39 is 8.80 Å². The second-order valence-electron chi connectivity index (χ2n) is 6.61. The molecule has 0 aromatic heterocycles. The van der Waals surface area contributed by atoms with Crippen molar-refractivity contribution >= 4 is 8.80 Å². The Bertz CT molecular complexity index is 278. The Morgan fingerprint density at radius 1 is 0.708 bits per heavy atom. The zero-order valence-corrected chi connectivity index (χ0v) is 17.8. The molecule has 0 aliphatic heterocycles. The maximum absolute atomic E-state index is 5.88. The van der Waals surface area contributed by atoms with E-state index in [4.69, 9.17) is 13.3 Å². The molecular formula is C20H42O3Si. The van der Waals surface area contributed by atoms with Crippen molar-refractivity contribution in [3.05, 3.63) is 12.2 Å². The molecule has 3 nitrogen and oxygen atoms in total. The molecule has 144 valence electrons. The highest BCUT2D eigenvalue weighted by molar-refractivity contribution is 6.60. The van der Waals surface area contributed by atoms with Gasteiger partial charge in [0.15, 0.2) is 0 Å². The van der Waals surface area contributed by atoms with Gasteiger partial charge in [-0.25, -0.2) is 0 Å². The molecular weight excluding hydrogens is 316 g/mol. The van der Waals surface area contributed by atoms with E-state index in [-0.39, 0.29) is 0 Å². The zero-order chi connectivity index (χ0) is 17.9. The van der Waals surface area contributed by atoms with E-state index in [9.17, 15) is 0 Å². The highest BCUT2D eigenvalue weighted by atomic mass is 28.4. The molecule has 0 spiro atoms. The molecule has 24 heavy (non-hydrogen) atoms. The first-order chi connectivity index (χ1) is 11.7. The molecule has 0 N–H and O–H groups in total. The summed E-state index contributed by atoms with van der Waals surface area (Å²) in [6, 6.07) is 0.926. The average molecular weight is 359 g/mol. The third kappa shape index (κ3) is 13.2. The van der Waals surface area contributed by atoms with Gasteiger partial charge < -0.3 is 13.3 Å². The lowest BCUT2D eigenvalue weighted by molar-refractivity contribution is 0.109. The summed E-state index contributed by atoms with van der Waals surface area (Å²) in [7, 11) is 0.999. The number of hydrogen-bond acceptors (Lipinski definition) is 3. The van der Waals surface area contributed by atoms with Crippen LogP contribution in [0.1, 0.15) is 90.9 Å². The Balaban J connectivity index is 3.55. The zero-order valence-electron chi connectivity index (χ0n) is 16.8. The first kappa shape index (κ1) is 23.8. The fourth-order valence-corrected chi connectivity index (χ4v) is 4.92. The highest BCUT2D eigenvalue weighted by Crippen LogP contribution is 2.19. The molecule has 0 saturated heterocycles. The molecule has 0 rings (SSSR count). The molecule has 0 radical (unpaired) electrons. The lowest BCUT2D eigenvalue weighted by atomic mass is 10.1. The second-order valence-corrected chi connectivity index (χ2v) is 9.58. The molecule has 0 amide bonds. The van der Waals surface area contributed by atoms with Crippen LogP contribution in [0.25, 0.3) is 0 Å². The van der Waals surface area contributed by atoms with Crippen molar-refractivity contribution in [1.82, 2.24) is 0 Å². The Kier molecular flexibility index (Phi) is 17.5. The van der Waals surface area contributed by atoms with Gasteiger partial charge in [0.05, 0.1) is 6.61 Å². The summed E-state index contributed by atoms with van der Waals surface area (Å²) >= 11 is 0. The van der Waals surface area contributed by atoms with Gasteiger partial charge in [-0.3, -0.25) is 0 Å². The van der Waals surface area contributed by atoms with Crippen molar-refractivity contribution in [2.45, 2.75) is 96.9 Å². The minimum Gasteiger partial charge on any atom is -0.377 e. The molecule has 0 aliphatic carbocycles. The molecule has 0 atom stereocenters. The lowest BCUT2D eigenvalue weighted by Crippen LogP contribution is -2.43. The van der Waals surface area contributed by atoms with Gasteiger partial charge in [-0.1, -0.05) is 89.7 Å². The minimum absolute atomic E-state index is 0.586. The van der Waals surface area contributed by atoms with E-state index in [1.807, 2.05) is 19.1 Å². The first-order valence-corrected chi connectivity index (χ1v) is 12.0. The predicted molar refractivity (Wildman–Crippen MR) is 106 cm³/mol. The van der Waals surface area contributed by atoms with E-state index in [1.54, 1.807) is 14.2 Å². The van der Waals surface area contributed by atoms with Crippen molar-refractivity contribution in [1.29, 1.82) is 0 Å². The van der Waals surface area contributed by atoms with Crippen LogP contribution in [0.2, 0.25) is 6.04 Å². The van der Waals surface area contributed by atoms with E-state index in [0.29, 0.717) is 6.61 Å². The SMILES string of the molecule is CC=CCO[Si](CCCCCCCCCCCCCC)(OC)OC. The number of allylic oxidation sites excluding steroid dienone is 1.